The van der Waals surface area contributed by atoms with Crippen LogP contribution in [0.25, 0.3) is 22.4 Å². The predicted molar refractivity (Wildman–Crippen MR) is 284 cm³/mol. The number of nitrogens with one attached hydrogen (secondary N) is 3. The number of aromatic nitrogens is 1. The molecule has 1 amide bonds. The summed E-state index contributed by atoms with van der Waals surface area (Å²) in [6.45, 7) is 5.62. The first-order chi connectivity index (χ1) is 33.6. The number of amides is 1. The van der Waals surface area contributed by atoms with Crippen molar-refractivity contribution < 1.29 is 23.2 Å². The molecule has 0 radical (unpaired) electrons. The van der Waals surface area contributed by atoms with Crippen molar-refractivity contribution in [3.8, 4) is 22.4 Å². The summed E-state index contributed by atoms with van der Waals surface area (Å²) in [5, 5.41) is 29.7. The first kappa shape index (κ1) is 50.4. The monoisotopic (exact) mass is 1000 g/mol. The van der Waals surface area contributed by atoms with Gasteiger partial charge < -0.3 is 35.0 Å². The molecule has 4 N–H and O–H groups in total. The summed E-state index contributed by atoms with van der Waals surface area (Å²) in [5.74, 6) is 0.540. The topological polar surface area (TPSA) is 165 Å². The van der Waals surface area contributed by atoms with Gasteiger partial charge in [0, 0.05) is 95.4 Å². The van der Waals surface area contributed by atoms with E-state index in [2.05, 4.69) is 52.8 Å². The second-order valence-corrected chi connectivity index (χ2v) is 21.6. The fourth-order valence-electron chi connectivity index (χ4n) is 9.32. The van der Waals surface area contributed by atoms with Crippen LogP contribution in [0.2, 0.25) is 5.02 Å². The maximum absolute atomic E-state index is 14.2. The molecular weight excluding hydrogens is 944 g/mol. The first-order valence-corrected chi connectivity index (χ1v) is 26.5. The molecule has 14 nitrogen and oxygen atoms in total. The Morgan fingerprint density at radius 3 is 2.19 bits per heavy atom. The highest BCUT2D eigenvalue weighted by molar-refractivity contribution is 7.99. The maximum Gasteiger partial charge on any atom is 0.293 e. The number of sulfonamides is 1. The van der Waals surface area contributed by atoms with Crippen molar-refractivity contribution in [3.05, 3.63) is 148 Å². The summed E-state index contributed by atoms with van der Waals surface area (Å²) in [4.78, 5) is 33.6. The average molecular weight is 1010 g/mol. The van der Waals surface area contributed by atoms with Gasteiger partial charge >= 0.3 is 0 Å². The highest BCUT2D eigenvalue weighted by Gasteiger charge is 2.30. The zero-order valence-electron chi connectivity index (χ0n) is 40.0. The first-order valence-electron chi connectivity index (χ1n) is 23.7. The smallest absolute Gasteiger partial charge is 0.293 e. The Hall–Kier alpha value is -6.04. The van der Waals surface area contributed by atoms with Gasteiger partial charge in [-0.15, -0.1) is 11.8 Å². The Morgan fingerprint density at radius 2 is 1.53 bits per heavy atom. The largest absolute Gasteiger partial charge is 0.393 e. The number of nitro groups is 1. The van der Waals surface area contributed by atoms with E-state index in [0.717, 1.165) is 89.3 Å². The number of anilines is 4. The van der Waals surface area contributed by atoms with Crippen molar-refractivity contribution >= 4 is 67.7 Å². The van der Waals surface area contributed by atoms with Crippen LogP contribution in [0.5, 0.6) is 0 Å². The number of hydrogen-bond acceptors (Lipinski definition) is 11. The van der Waals surface area contributed by atoms with Crippen LogP contribution >= 0.6 is 23.4 Å². The molecule has 1 aromatic heterocycles. The normalized spacial score (nSPS) is 16.8. The molecule has 70 heavy (non-hydrogen) atoms. The quantitative estimate of drug-likeness (QED) is 0.0368. The number of benzene rings is 5. The molecule has 0 unspecified atom stereocenters. The lowest BCUT2D eigenvalue weighted by Gasteiger charge is -2.37. The van der Waals surface area contributed by atoms with E-state index < -0.39 is 14.9 Å². The number of thioether (sulfide) groups is 1. The average Bonchev–Trinajstić information content (AvgIpc) is 3.62. The molecule has 1 aliphatic carbocycles. The molecule has 1 saturated heterocycles. The van der Waals surface area contributed by atoms with Crippen molar-refractivity contribution in [2.75, 3.05) is 72.4 Å². The van der Waals surface area contributed by atoms with E-state index in [-0.39, 0.29) is 40.4 Å². The zero-order valence-corrected chi connectivity index (χ0v) is 42.4. The van der Waals surface area contributed by atoms with Gasteiger partial charge in [0.1, 0.15) is 5.69 Å². The van der Waals surface area contributed by atoms with Gasteiger partial charge in [0.05, 0.1) is 27.2 Å². The van der Waals surface area contributed by atoms with Crippen LogP contribution < -0.4 is 25.2 Å². The molecule has 8 rings (SSSR count). The minimum absolute atomic E-state index is 0.00462. The number of carbonyl (C=O) groups excluding carboxylic acids is 1. The number of aliphatic hydroxyl groups is 1. The molecule has 2 fully saturated rings. The van der Waals surface area contributed by atoms with E-state index in [4.69, 9.17) is 11.6 Å². The van der Waals surface area contributed by atoms with Crippen LogP contribution in [0.3, 0.4) is 0 Å². The van der Waals surface area contributed by atoms with E-state index in [9.17, 15) is 28.4 Å². The number of aliphatic hydroxyl groups excluding tert-OH is 1. The fourth-order valence-corrected chi connectivity index (χ4v) is 11.5. The minimum atomic E-state index is -4.17. The predicted octanol–water partition coefficient (Wildman–Crippen LogP) is 9.91. The van der Waals surface area contributed by atoms with E-state index in [1.54, 1.807) is 23.9 Å². The van der Waals surface area contributed by atoms with Crippen LogP contribution in [-0.2, 0) is 17.1 Å². The number of halogens is 1. The van der Waals surface area contributed by atoms with Gasteiger partial charge in [-0.05, 0) is 144 Å². The number of hydrogen-bond donors (Lipinski definition) is 4. The number of rotatable bonds is 18. The van der Waals surface area contributed by atoms with Gasteiger partial charge in [-0.3, -0.25) is 19.6 Å². The van der Waals surface area contributed by atoms with Crippen molar-refractivity contribution in [1.29, 1.82) is 0 Å². The van der Waals surface area contributed by atoms with E-state index in [0.29, 0.717) is 48.0 Å². The number of piperazine rings is 1. The summed E-state index contributed by atoms with van der Waals surface area (Å²) < 4.78 is 32.0. The fraction of sp³-hybridized carbons (Fsp3) is 0.340. The third kappa shape index (κ3) is 12.1. The second kappa shape index (κ2) is 22.4. The van der Waals surface area contributed by atoms with E-state index in [1.165, 1.54) is 12.1 Å². The van der Waals surface area contributed by atoms with Crippen molar-refractivity contribution in [3.63, 3.8) is 0 Å². The minimum Gasteiger partial charge on any atom is -0.393 e. The van der Waals surface area contributed by atoms with E-state index >= 15 is 0 Å². The lowest BCUT2D eigenvalue weighted by Crippen LogP contribution is -2.46. The van der Waals surface area contributed by atoms with Crippen LogP contribution in [0.4, 0.5) is 28.4 Å². The Bertz CT molecular complexity index is 2880. The molecule has 2 aliphatic rings. The molecule has 17 heteroatoms. The Morgan fingerprint density at radius 1 is 0.857 bits per heavy atom. The van der Waals surface area contributed by atoms with E-state index in [1.807, 2.05) is 101 Å². The molecular formula is C53H61ClN8O6S2. The summed E-state index contributed by atoms with van der Waals surface area (Å²) >= 11 is 7.98. The molecule has 6 aromatic rings. The molecule has 2 heterocycles. The summed E-state index contributed by atoms with van der Waals surface area (Å²) in [6, 6.07) is 37.0. The number of nitro benzene ring substituents is 1. The Kier molecular flexibility index (Phi) is 16.1. The molecule has 5 aromatic carbocycles. The van der Waals surface area contributed by atoms with Gasteiger partial charge in [-0.25, -0.2) is 8.42 Å². The highest BCUT2D eigenvalue weighted by Crippen LogP contribution is 2.41. The van der Waals surface area contributed by atoms with Crippen molar-refractivity contribution in [2.45, 2.75) is 67.0 Å². The van der Waals surface area contributed by atoms with Crippen LogP contribution in [0.1, 0.15) is 48.2 Å². The van der Waals surface area contributed by atoms with Gasteiger partial charge in [-0.1, -0.05) is 54.1 Å². The summed E-state index contributed by atoms with van der Waals surface area (Å²) in [5.41, 5.74) is 7.40. The van der Waals surface area contributed by atoms with Crippen LogP contribution in [-0.4, -0.2) is 105 Å². The van der Waals surface area contributed by atoms with Gasteiger partial charge in [0.2, 0.25) is 0 Å². The molecule has 1 aliphatic heterocycles. The zero-order chi connectivity index (χ0) is 49.5. The lowest BCUT2D eigenvalue weighted by atomic mass is 9.92. The number of carbonyl (C=O) groups is 1. The van der Waals surface area contributed by atoms with Gasteiger partial charge in [-0.2, -0.15) is 0 Å². The van der Waals surface area contributed by atoms with Gasteiger partial charge in [0.25, 0.3) is 21.6 Å². The SMILES string of the molecule is Cc1c(C(=O)N[C@H]2CC[C@H](O)CC2)c(-c2cccc(N3CCN(c4ccc(NS(=O)(=O)c5ccc(N[C@H](CCN(C)C)CSc6ccccc6)c([N+](=O)[O-])c5)cc4)CC3)c2)c(-c2ccc(Cl)cc2)n1C. The Balaban J connectivity index is 0.938. The summed E-state index contributed by atoms with van der Waals surface area (Å²) in [6.07, 6.45) is 3.22. The molecule has 368 valence electrons. The maximum atomic E-state index is 14.2. The summed E-state index contributed by atoms with van der Waals surface area (Å²) in [7, 11) is 1.77. The molecule has 0 spiro atoms. The molecule has 1 saturated carbocycles. The lowest BCUT2D eigenvalue weighted by molar-refractivity contribution is -0.384. The molecule has 0 bridgehead atoms. The third-order valence-corrected chi connectivity index (χ3v) is 16.1. The number of nitrogens with zero attached hydrogens (tertiary/aromatic N) is 5. The van der Waals surface area contributed by atoms with Gasteiger partial charge in [0.15, 0.2) is 0 Å². The second-order valence-electron chi connectivity index (χ2n) is 18.4. The standard InChI is InChI=1S/C53H61ClN8O6S2/c1-36-50(53(64)56-40-19-23-45(63)24-20-40)51(52(59(36)4)37-13-15-39(54)16-14-37)38-9-8-10-44(33-38)61-31-29-60(30-32-61)43-21-17-41(18-22-43)57-70(67,68)47-25-26-48(49(34-47)62(65)66)55-42(27-28-58(2)3)35-69-46-11-6-5-7-12-46/h5-18,21-22,25-26,33-34,40,42,45,55,57,63H,19-20,23-24,27-32,35H2,1-4H3,(H,56,64)/t40-,42-,45-/m1/s1. The van der Waals surface area contributed by atoms with Crippen LogP contribution in [0.15, 0.2) is 131 Å². The Labute approximate surface area is 420 Å². The van der Waals surface area contributed by atoms with Crippen molar-refractivity contribution in [2.24, 2.45) is 7.05 Å². The van der Waals surface area contributed by atoms with Crippen LogP contribution in [0, 0.1) is 17.0 Å². The molecule has 1 atom stereocenters. The van der Waals surface area contributed by atoms with Crippen molar-refractivity contribution in [1.82, 2.24) is 14.8 Å². The third-order valence-electron chi connectivity index (χ3n) is 13.3. The highest BCUT2D eigenvalue weighted by atomic mass is 35.5.